The molecule has 0 bridgehead atoms. The van der Waals surface area contributed by atoms with Gasteiger partial charge in [-0.25, -0.2) is 0 Å². The number of nitrogens with one attached hydrogen (secondary N) is 1. The number of fused-ring (bicyclic) bond motifs is 1. The quantitative estimate of drug-likeness (QED) is 0.806. The van der Waals surface area contributed by atoms with E-state index in [2.05, 4.69) is 10.2 Å². The maximum atomic E-state index is 12.1. The van der Waals surface area contributed by atoms with E-state index in [4.69, 9.17) is 10.5 Å². The van der Waals surface area contributed by atoms with Crippen molar-refractivity contribution >= 4 is 18.3 Å². The first kappa shape index (κ1) is 17.0. The van der Waals surface area contributed by atoms with Crippen molar-refractivity contribution in [2.24, 2.45) is 17.6 Å². The molecule has 21 heavy (non-hydrogen) atoms. The van der Waals surface area contributed by atoms with Crippen LogP contribution in [0.3, 0.4) is 0 Å². The maximum absolute atomic E-state index is 12.1. The zero-order valence-electron chi connectivity index (χ0n) is 12.6. The van der Waals surface area contributed by atoms with Gasteiger partial charge in [0.2, 0.25) is 5.91 Å². The molecule has 1 saturated carbocycles. The van der Waals surface area contributed by atoms with E-state index < -0.39 is 0 Å². The summed E-state index contributed by atoms with van der Waals surface area (Å²) in [6, 6.07) is 0.653. The molecule has 3 N–H and O–H groups in total. The van der Waals surface area contributed by atoms with Gasteiger partial charge < -0.3 is 15.8 Å². The number of nitrogens with two attached hydrogens (primary N) is 1. The van der Waals surface area contributed by atoms with Gasteiger partial charge in [-0.3, -0.25) is 9.69 Å². The number of nitrogens with zero attached hydrogens (tertiary/aromatic N) is 1. The fraction of sp³-hybridized carbons (Fsp3) is 0.933. The molecule has 1 amide bonds. The lowest BCUT2D eigenvalue weighted by Gasteiger charge is -2.29. The third-order valence-corrected chi connectivity index (χ3v) is 5.18. The lowest BCUT2D eigenvalue weighted by atomic mass is 9.78. The van der Waals surface area contributed by atoms with Crippen LogP contribution in [0.1, 0.15) is 32.1 Å². The van der Waals surface area contributed by atoms with Crippen molar-refractivity contribution in [3.63, 3.8) is 0 Å². The van der Waals surface area contributed by atoms with E-state index in [1.165, 1.54) is 12.8 Å². The number of likely N-dealkylation sites (tertiary alicyclic amines) is 1. The van der Waals surface area contributed by atoms with Crippen molar-refractivity contribution in [2.75, 3.05) is 32.8 Å². The zero-order chi connectivity index (χ0) is 13.9. The Hall–Kier alpha value is -0.360. The van der Waals surface area contributed by atoms with Crippen molar-refractivity contribution in [1.82, 2.24) is 10.2 Å². The number of rotatable bonds is 3. The second-order valence-electron chi connectivity index (χ2n) is 6.67. The van der Waals surface area contributed by atoms with Crippen LogP contribution in [0.4, 0.5) is 0 Å². The molecule has 0 radical (unpaired) electrons. The fourth-order valence-corrected chi connectivity index (χ4v) is 4.06. The number of carbonyl (C=O) groups excluding carboxylic acids is 1. The highest BCUT2D eigenvalue weighted by molar-refractivity contribution is 5.85. The summed E-state index contributed by atoms with van der Waals surface area (Å²) in [5.41, 5.74) is 6.22. The molecule has 5 nitrogen and oxygen atoms in total. The zero-order valence-corrected chi connectivity index (χ0v) is 13.4. The largest absolute Gasteiger partial charge is 0.381 e. The third-order valence-electron chi connectivity index (χ3n) is 5.18. The highest BCUT2D eigenvalue weighted by Gasteiger charge is 2.39. The fourth-order valence-electron chi connectivity index (χ4n) is 4.06. The van der Waals surface area contributed by atoms with Gasteiger partial charge in [-0.2, -0.15) is 0 Å². The van der Waals surface area contributed by atoms with E-state index in [1.54, 1.807) is 0 Å². The summed E-state index contributed by atoms with van der Waals surface area (Å²) in [5.74, 6) is 1.50. The SMILES string of the molecule is Cl.NC1CCCC2CN(CC(=O)NC3CCOCC3)CC12. The molecule has 0 aromatic rings. The van der Waals surface area contributed by atoms with Gasteiger partial charge in [0.1, 0.15) is 0 Å². The van der Waals surface area contributed by atoms with Crippen LogP contribution >= 0.6 is 12.4 Å². The second kappa shape index (κ2) is 7.77. The Labute approximate surface area is 133 Å². The van der Waals surface area contributed by atoms with Crippen LogP contribution in [0.5, 0.6) is 0 Å². The van der Waals surface area contributed by atoms with Crippen LogP contribution < -0.4 is 11.1 Å². The van der Waals surface area contributed by atoms with Crippen LogP contribution in [-0.4, -0.2) is 55.7 Å². The normalized spacial score (nSPS) is 34.0. The highest BCUT2D eigenvalue weighted by Crippen LogP contribution is 2.35. The molecule has 3 fully saturated rings. The third kappa shape index (κ3) is 4.31. The molecule has 3 unspecified atom stereocenters. The van der Waals surface area contributed by atoms with E-state index in [-0.39, 0.29) is 18.3 Å². The average Bonchev–Trinajstić information content (AvgIpc) is 2.83. The Kier molecular flexibility index (Phi) is 6.29. The Morgan fingerprint density at radius 1 is 1.19 bits per heavy atom. The number of halogens is 1. The number of amides is 1. The predicted octanol–water partition coefficient (Wildman–Crippen LogP) is 0.763. The van der Waals surface area contributed by atoms with Gasteiger partial charge in [-0.1, -0.05) is 6.42 Å². The van der Waals surface area contributed by atoms with Crippen molar-refractivity contribution in [3.8, 4) is 0 Å². The van der Waals surface area contributed by atoms with E-state index in [9.17, 15) is 4.79 Å². The number of ether oxygens (including phenoxy) is 1. The standard InChI is InChI=1S/C15H27N3O2.ClH/c16-14-3-1-2-11-8-18(9-13(11)14)10-15(19)17-12-4-6-20-7-5-12;/h11-14H,1-10,16H2,(H,17,19);1H. The topological polar surface area (TPSA) is 67.6 Å². The first-order valence-corrected chi connectivity index (χ1v) is 8.07. The Morgan fingerprint density at radius 3 is 2.67 bits per heavy atom. The van der Waals surface area contributed by atoms with Gasteiger partial charge in [0.25, 0.3) is 0 Å². The van der Waals surface area contributed by atoms with Gasteiger partial charge in [0, 0.05) is 38.4 Å². The molecule has 2 heterocycles. The number of carbonyl (C=O) groups is 1. The minimum absolute atomic E-state index is 0. The van der Waals surface area contributed by atoms with Crippen molar-refractivity contribution in [1.29, 1.82) is 0 Å². The highest BCUT2D eigenvalue weighted by atomic mass is 35.5. The molecule has 0 aromatic carbocycles. The smallest absolute Gasteiger partial charge is 0.234 e. The van der Waals surface area contributed by atoms with Crippen molar-refractivity contribution in [3.05, 3.63) is 0 Å². The summed E-state index contributed by atoms with van der Waals surface area (Å²) in [4.78, 5) is 14.4. The van der Waals surface area contributed by atoms with Gasteiger partial charge in [-0.05, 0) is 37.5 Å². The molecular formula is C15H28ClN3O2. The van der Waals surface area contributed by atoms with Crippen LogP contribution in [0, 0.1) is 11.8 Å². The van der Waals surface area contributed by atoms with Gasteiger partial charge in [0.05, 0.1) is 6.54 Å². The summed E-state index contributed by atoms with van der Waals surface area (Å²) >= 11 is 0. The van der Waals surface area contributed by atoms with Gasteiger partial charge in [0.15, 0.2) is 0 Å². The van der Waals surface area contributed by atoms with E-state index in [0.717, 1.165) is 51.5 Å². The molecular weight excluding hydrogens is 290 g/mol. The minimum Gasteiger partial charge on any atom is -0.381 e. The first-order valence-electron chi connectivity index (χ1n) is 8.07. The first-order chi connectivity index (χ1) is 9.72. The monoisotopic (exact) mass is 317 g/mol. The average molecular weight is 318 g/mol. The van der Waals surface area contributed by atoms with Crippen molar-refractivity contribution in [2.45, 2.75) is 44.2 Å². The molecule has 3 aliphatic rings. The van der Waals surface area contributed by atoms with Crippen LogP contribution in [-0.2, 0) is 9.53 Å². The minimum atomic E-state index is 0. The van der Waals surface area contributed by atoms with Crippen molar-refractivity contribution < 1.29 is 9.53 Å². The Morgan fingerprint density at radius 2 is 1.95 bits per heavy atom. The molecule has 0 aromatic heterocycles. The second-order valence-corrected chi connectivity index (χ2v) is 6.67. The number of hydrogen-bond donors (Lipinski definition) is 2. The summed E-state index contributed by atoms with van der Waals surface area (Å²) in [6.45, 7) is 4.14. The lowest BCUT2D eigenvalue weighted by Crippen LogP contribution is -2.44. The molecule has 2 aliphatic heterocycles. The van der Waals surface area contributed by atoms with Crippen LogP contribution in [0.2, 0.25) is 0 Å². The van der Waals surface area contributed by atoms with Gasteiger partial charge in [-0.15, -0.1) is 12.4 Å². The van der Waals surface area contributed by atoms with E-state index in [0.29, 0.717) is 24.5 Å². The lowest BCUT2D eigenvalue weighted by molar-refractivity contribution is -0.123. The Bertz CT molecular complexity index is 350. The molecule has 0 spiro atoms. The van der Waals surface area contributed by atoms with Crippen LogP contribution in [0.15, 0.2) is 0 Å². The van der Waals surface area contributed by atoms with Gasteiger partial charge >= 0.3 is 0 Å². The predicted molar refractivity (Wildman–Crippen MR) is 84.5 cm³/mol. The Balaban J connectivity index is 0.00000161. The number of hydrogen-bond acceptors (Lipinski definition) is 4. The molecule has 6 heteroatoms. The molecule has 3 atom stereocenters. The summed E-state index contributed by atoms with van der Waals surface area (Å²) in [6.07, 6.45) is 5.59. The molecule has 1 aliphatic carbocycles. The maximum Gasteiger partial charge on any atom is 0.234 e. The molecule has 2 saturated heterocycles. The van der Waals surface area contributed by atoms with E-state index >= 15 is 0 Å². The summed E-state index contributed by atoms with van der Waals surface area (Å²) in [5, 5.41) is 3.15. The summed E-state index contributed by atoms with van der Waals surface area (Å²) < 4.78 is 5.32. The molecule has 122 valence electrons. The summed E-state index contributed by atoms with van der Waals surface area (Å²) in [7, 11) is 0. The van der Waals surface area contributed by atoms with Crippen LogP contribution in [0.25, 0.3) is 0 Å². The molecule has 3 rings (SSSR count). The van der Waals surface area contributed by atoms with E-state index in [1.807, 2.05) is 0 Å².